The number of rotatable bonds is 1. The zero-order chi connectivity index (χ0) is 17.2. The van der Waals surface area contributed by atoms with Gasteiger partial charge in [-0.25, -0.2) is 13.2 Å². The molecule has 1 aromatic rings. The number of fused-ring (bicyclic) bond motifs is 3. The number of hydrogen-bond donors (Lipinski definition) is 1. The number of nitrogens with zero attached hydrogens (tertiary/aromatic N) is 2. The maximum absolute atomic E-state index is 11.9. The molecule has 0 aliphatic carbocycles. The van der Waals surface area contributed by atoms with E-state index in [-0.39, 0.29) is 17.0 Å². The summed E-state index contributed by atoms with van der Waals surface area (Å²) in [6.07, 6.45) is 1.03. The molecule has 3 rings (SSSR count). The van der Waals surface area contributed by atoms with Crippen molar-refractivity contribution in [3.05, 3.63) is 18.2 Å². The second-order valence-corrected chi connectivity index (χ2v) is 8.62. The topological polar surface area (TPSA) is 92.9 Å². The highest BCUT2D eigenvalue weighted by atomic mass is 32.2. The molecule has 0 aromatic heterocycles. The fourth-order valence-electron chi connectivity index (χ4n) is 3.51. The van der Waals surface area contributed by atoms with Crippen molar-refractivity contribution in [3.8, 4) is 5.75 Å². The average Bonchev–Trinajstić information content (AvgIpc) is 2.70. The Hall–Kier alpha value is -1.96. The van der Waals surface area contributed by atoms with E-state index in [0.717, 1.165) is 0 Å². The highest BCUT2D eigenvalue weighted by molar-refractivity contribution is 7.90. The van der Waals surface area contributed by atoms with Gasteiger partial charge in [0.1, 0.15) is 17.5 Å². The number of primary amides is 1. The predicted octanol–water partition coefficient (Wildman–Crippen LogP) is 1.18. The van der Waals surface area contributed by atoms with Gasteiger partial charge in [0, 0.05) is 12.8 Å². The Morgan fingerprint density at radius 1 is 1.39 bits per heavy atom. The van der Waals surface area contributed by atoms with Gasteiger partial charge in [-0.05, 0) is 39.0 Å². The van der Waals surface area contributed by atoms with Crippen LogP contribution in [0.4, 0.5) is 10.5 Å². The van der Waals surface area contributed by atoms with Gasteiger partial charge in [0.05, 0.1) is 16.6 Å². The summed E-state index contributed by atoms with van der Waals surface area (Å²) in [4.78, 5) is 15.6. The van der Waals surface area contributed by atoms with Crippen LogP contribution in [0.2, 0.25) is 0 Å². The number of anilines is 1. The molecular formula is C15H21N3O4S. The smallest absolute Gasteiger partial charge is 0.316 e. The lowest BCUT2D eigenvalue weighted by Crippen LogP contribution is -2.56. The fraction of sp³-hybridized carbons (Fsp3) is 0.533. The number of sulfone groups is 1. The number of hydrogen-bond acceptors (Lipinski definition) is 5. The molecule has 0 saturated carbocycles. The second-order valence-electron chi connectivity index (χ2n) is 6.61. The summed E-state index contributed by atoms with van der Waals surface area (Å²) in [5.74, 6) is 0.612. The first-order valence-corrected chi connectivity index (χ1v) is 9.30. The highest BCUT2D eigenvalue weighted by Crippen LogP contribution is 2.46. The first-order chi connectivity index (χ1) is 10.5. The van der Waals surface area contributed by atoms with Gasteiger partial charge in [0.25, 0.3) is 0 Å². The molecule has 23 heavy (non-hydrogen) atoms. The van der Waals surface area contributed by atoms with Gasteiger partial charge >= 0.3 is 6.03 Å². The monoisotopic (exact) mass is 339 g/mol. The fourth-order valence-corrected chi connectivity index (χ4v) is 4.15. The number of benzene rings is 1. The van der Waals surface area contributed by atoms with E-state index < -0.39 is 21.5 Å². The molecule has 2 unspecified atom stereocenters. The number of urea groups is 1. The first kappa shape index (κ1) is 15.9. The van der Waals surface area contributed by atoms with Gasteiger partial charge in [-0.15, -0.1) is 0 Å². The Bertz CT molecular complexity index is 775. The molecule has 7 nitrogen and oxygen atoms in total. The highest BCUT2D eigenvalue weighted by Gasteiger charge is 2.52. The summed E-state index contributed by atoms with van der Waals surface area (Å²) in [6.45, 7) is 6.16. The lowest BCUT2D eigenvalue weighted by molar-refractivity contribution is 0.175. The SMILES string of the molecule is CC1Oc2ccc(S(C)(=O)=O)cc2N2C1CN(C(N)=O)C2(C)C. The maximum Gasteiger partial charge on any atom is 0.316 e. The van der Waals surface area contributed by atoms with Gasteiger partial charge in [0.2, 0.25) is 0 Å². The molecule has 0 radical (unpaired) electrons. The van der Waals surface area contributed by atoms with E-state index >= 15 is 0 Å². The third-order valence-electron chi connectivity index (χ3n) is 4.69. The van der Waals surface area contributed by atoms with Crippen LogP contribution in [-0.2, 0) is 9.84 Å². The molecule has 0 bridgehead atoms. The van der Waals surface area contributed by atoms with Crippen LogP contribution in [0.1, 0.15) is 20.8 Å². The quantitative estimate of drug-likeness (QED) is 0.829. The summed E-state index contributed by atoms with van der Waals surface area (Å²) < 4.78 is 29.6. The summed E-state index contributed by atoms with van der Waals surface area (Å²) in [6, 6.07) is 4.23. The van der Waals surface area contributed by atoms with Gasteiger partial charge in [-0.3, -0.25) is 0 Å². The van der Waals surface area contributed by atoms with E-state index in [0.29, 0.717) is 18.0 Å². The first-order valence-electron chi connectivity index (χ1n) is 7.40. The molecule has 2 atom stereocenters. The van der Waals surface area contributed by atoms with Gasteiger partial charge in [-0.1, -0.05) is 0 Å². The predicted molar refractivity (Wildman–Crippen MR) is 86.3 cm³/mol. The van der Waals surface area contributed by atoms with Crippen LogP contribution in [0.25, 0.3) is 0 Å². The van der Waals surface area contributed by atoms with E-state index in [9.17, 15) is 13.2 Å². The van der Waals surface area contributed by atoms with Crippen LogP contribution < -0.4 is 15.4 Å². The minimum atomic E-state index is -3.33. The normalized spacial score (nSPS) is 25.6. The second kappa shape index (κ2) is 4.77. The van der Waals surface area contributed by atoms with Crippen molar-refractivity contribution in [1.82, 2.24) is 4.90 Å². The molecule has 126 valence electrons. The molecular weight excluding hydrogens is 318 g/mol. The van der Waals surface area contributed by atoms with Crippen molar-refractivity contribution < 1.29 is 17.9 Å². The summed E-state index contributed by atoms with van der Waals surface area (Å²) in [5.41, 5.74) is 5.52. The maximum atomic E-state index is 11.9. The zero-order valence-electron chi connectivity index (χ0n) is 13.6. The molecule has 2 heterocycles. The number of ether oxygens (including phenoxy) is 1. The minimum absolute atomic E-state index is 0.0835. The number of amides is 2. The van der Waals surface area contributed by atoms with Crippen molar-refractivity contribution in [1.29, 1.82) is 0 Å². The number of nitrogens with two attached hydrogens (primary N) is 1. The Labute approximate surface area is 135 Å². The molecule has 2 aliphatic rings. The third kappa shape index (κ3) is 2.32. The Kier molecular flexibility index (Phi) is 3.30. The number of carbonyl (C=O) groups excluding carboxylic acids is 1. The molecule has 1 fully saturated rings. The molecule has 1 aromatic carbocycles. The van der Waals surface area contributed by atoms with E-state index in [2.05, 4.69) is 0 Å². The third-order valence-corrected chi connectivity index (χ3v) is 5.80. The van der Waals surface area contributed by atoms with E-state index in [1.165, 1.54) is 12.3 Å². The largest absolute Gasteiger partial charge is 0.486 e. The van der Waals surface area contributed by atoms with Gasteiger partial charge in [0.15, 0.2) is 9.84 Å². The molecule has 2 aliphatic heterocycles. The van der Waals surface area contributed by atoms with Crippen molar-refractivity contribution >= 4 is 21.6 Å². The van der Waals surface area contributed by atoms with Crippen LogP contribution in [0, 0.1) is 0 Å². The zero-order valence-corrected chi connectivity index (χ0v) is 14.4. The summed E-state index contributed by atoms with van der Waals surface area (Å²) >= 11 is 0. The lowest BCUT2D eigenvalue weighted by Gasteiger charge is -2.44. The van der Waals surface area contributed by atoms with Crippen molar-refractivity contribution in [2.24, 2.45) is 5.73 Å². The lowest BCUT2D eigenvalue weighted by atomic mass is 10.1. The van der Waals surface area contributed by atoms with E-state index in [1.54, 1.807) is 17.0 Å². The summed E-state index contributed by atoms with van der Waals surface area (Å²) in [7, 11) is -3.33. The van der Waals surface area contributed by atoms with Crippen LogP contribution in [0.3, 0.4) is 0 Å². The van der Waals surface area contributed by atoms with Crippen LogP contribution >= 0.6 is 0 Å². The Morgan fingerprint density at radius 3 is 2.61 bits per heavy atom. The van der Waals surface area contributed by atoms with Crippen molar-refractivity contribution in [2.45, 2.75) is 43.5 Å². The number of carbonyl (C=O) groups is 1. The molecule has 2 amide bonds. The van der Waals surface area contributed by atoms with Crippen molar-refractivity contribution in [3.63, 3.8) is 0 Å². The van der Waals surface area contributed by atoms with Gasteiger partial charge in [-0.2, -0.15) is 0 Å². The van der Waals surface area contributed by atoms with Gasteiger partial charge < -0.3 is 20.3 Å². The molecule has 1 saturated heterocycles. The van der Waals surface area contributed by atoms with Crippen molar-refractivity contribution in [2.75, 3.05) is 17.7 Å². The molecule has 2 N–H and O–H groups in total. The molecule has 0 spiro atoms. The standard InChI is InChI=1S/C15H21N3O4S/c1-9-12-8-17(14(16)19)15(2,3)18(12)11-7-10(23(4,20)21)5-6-13(11)22-9/h5-7,9,12H,8H2,1-4H3,(H2,16,19). The van der Waals surface area contributed by atoms with Crippen LogP contribution in [0.15, 0.2) is 23.1 Å². The Morgan fingerprint density at radius 2 is 2.04 bits per heavy atom. The van der Waals surface area contributed by atoms with E-state index in [4.69, 9.17) is 10.5 Å². The molecule has 8 heteroatoms. The minimum Gasteiger partial charge on any atom is -0.486 e. The van der Waals surface area contributed by atoms with E-state index in [1.807, 2.05) is 25.7 Å². The Balaban J connectivity index is 2.17. The van der Waals surface area contributed by atoms with Crippen LogP contribution in [0.5, 0.6) is 5.75 Å². The summed E-state index contributed by atoms with van der Waals surface area (Å²) in [5, 5.41) is 0. The van der Waals surface area contributed by atoms with Crippen LogP contribution in [-0.4, -0.2) is 50.0 Å². The average molecular weight is 339 g/mol.